The summed E-state index contributed by atoms with van der Waals surface area (Å²) in [4.78, 5) is 18.4. The fourth-order valence-corrected chi connectivity index (χ4v) is 3.24. The molecule has 0 aromatic heterocycles. The molecule has 1 aromatic rings. The molecule has 0 unspecified atom stereocenters. The van der Waals surface area contributed by atoms with Crippen LogP contribution in [-0.2, 0) is 4.79 Å². The molecule has 3 rings (SSSR count). The van der Waals surface area contributed by atoms with Crippen LogP contribution in [0.1, 0.15) is 44.1 Å². The summed E-state index contributed by atoms with van der Waals surface area (Å²) in [7, 11) is 1.83. The maximum absolute atomic E-state index is 11.7. The van der Waals surface area contributed by atoms with E-state index < -0.39 is 0 Å². The van der Waals surface area contributed by atoms with Gasteiger partial charge in [0.05, 0.1) is 0 Å². The highest BCUT2D eigenvalue weighted by Gasteiger charge is 2.22. The first-order valence-corrected chi connectivity index (χ1v) is 9.74. The molecule has 2 aliphatic rings. The van der Waals surface area contributed by atoms with Crippen molar-refractivity contribution in [3.05, 3.63) is 41.5 Å². The number of nitrogens with zero attached hydrogens (tertiary/aromatic N) is 2. The van der Waals surface area contributed by atoms with Crippen LogP contribution >= 0.6 is 0 Å². The normalized spacial score (nSPS) is 17.8. The molecule has 1 saturated carbocycles. The van der Waals surface area contributed by atoms with E-state index >= 15 is 0 Å². The SMILES string of the molecule is CN=C(NCCCC(=O)NC1CC1)N1CCC(=Cc2ccccc2)CC1. The van der Waals surface area contributed by atoms with Gasteiger partial charge in [0.25, 0.3) is 0 Å². The number of carbonyl (C=O) groups excluding carboxylic acids is 1. The smallest absolute Gasteiger partial charge is 0.220 e. The zero-order valence-electron chi connectivity index (χ0n) is 15.7. The molecule has 5 heteroatoms. The van der Waals surface area contributed by atoms with E-state index in [0.717, 1.165) is 57.7 Å². The zero-order chi connectivity index (χ0) is 18.2. The molecule has 1 amide bonds. The van der Waals surface area contributed by atoms with Crippen LogP contribution in [0.4, 0.5) is 0 Å². The van der Waals surface area contributed by atoms with Gasteiger partial charge in [-0.2, -0.15) is 0 Å². The lowest BCUT2D eigenvalue weighted by molar-refractivity contribution is -0.121. The summed E-state index contributed by atoms with van der Waals surface area (Å²) in [5.74, 6) is 1.13. The molecule has 1 aliphatic heterocycles. The monoisotopic (exact) mass is 354 g/mol. The van der Waals surface area contributed by atoms with Crippen molar-refractivity contribution in [3.8, 4) is 0 Å². The fraction of sp³-hybridized carbons (Fsp3) is 0.524. The van der Waals surface area contributed by atoms with E-state index in [9.17, 15) is 4.79 Å². The summed E-state index contributed by atoms with van der Waals surface area (Å²) < 4.78 is 0. The Morgan fingerprint density at radius 1 is 1.23 bits per heavy atom. The summed E-state index contributed by atoms with van der Waals surface area (Å²) in [6.45, 7) is 2.76. The van der Waals surface area contributed by atoms with E-state index in [-0.39, 0.29) is 5.91 Å². The predicted molar refractivity (Wildman–Crippen MR) is 107 cm³/mol. The van der Waals surface area contributed by atoms with E-state index in [0.29, 0.717) is 12.5 Å². The molecule has 0 atom stereocenters. The molecule has 1 heterocycles. The van der Waals surface area contributed by atoms with Crippen LogP contribution in [0, 0.1) is 0 Å². The average molecular weight is 354 g/mol. The number of aliphatic imine (C=N–C) groups is 1. The number of amides is 1. The number of carbonyl (C=O) groups is 1. The standard InChI is InChI=1S/C21H30N4O/c1-22-21(23-13-5-8-20(26)24-19-9-10-19)25-14-11-18(12-15-25)16-17-6-3-2-4-7-17/h2-4,6-7,16,19H,5,8-15H2,1H3,(H,22,23)(H,24,26). The summed E-state index contributed by atoms with van der Waals surface area (Å²) in [6.07, 6.45) is 8.17. The molecule has 0 radical (unpaired) electrons. The van der Waals surface area contributed by atoms with Gasteiger partial charge in [0.2, 0.25) is 5.91 Å². The number of rotatable bonds is 6. The summed E-state index contributed by atoms with van der Waals surface area (Å²) in [6, 6.07) is 11.0. The molecule has 0 spiro atoms. The molecule has 1 saturated heterocycles. The van der Waals surface area contributed by atoms with Crippen LogP contribution in [-0.4, -0.2) is 49.5 Å². The average Bonchev–Trinajstić information content (AvgIpc) is 3.47. The Balaban J connectivity index is 1.38. The van der Waals surface area contributed by atoms with E-state index in [1.54, 1.807) is 0 Å². The second-order valence-corrected chi connectivity index (χ2v) is 7.12. The highest BCUT2D eigenvalue weighted by molar-refractivity contribution is 5.80. The second kappa shape index (κ2) is 9.41. The zero-order valence-corrected chi connectivity index (χ0v) is 15.7. The maximum atomic E-state index is 11.7. The number of likely N-dealkylation sites (tertiary alicyclic amines) is 1. The first-order chi connectivity index (χ1) is 12.7. The van der Waals surface area contributed by atoms with E-state index in [1.807, 2.05) is 7.05 Å². The molecule has 0 bridgehead atoms. The van der Waals surface area contributed by atoms with Crippen molar-refractivity contribution in [3.63, 3.8) is 0 Å². The van der Waals surface area contributed by atoms with Gasteiger partial charge in [-0.05, 0) is 37.7 Å². The van der Waals surface area contributed by atoms with Crippen molar-refractivity contribution >= 4 is 17.9 Å². The lowest BCUT2D eigenvalue weighted by Gasteiger charge is -2.31. The summed E-state index contributed by atoms with van der Waals surface area (Å²) in [5.41, 5.74) is 2.78. The van der Waals surface area contributed by atoms with Gasteiger partial charge in [0.1, 0.15) is 0 Å². The van der Waals surface area contributed by atoms with Crippen molar-refractivity contribution in [2.45, 2.75) is 44.6 Å². The predicted octanol–water partition coefficient (Wildman–Crippen LogP) is 2.80. The molecule has 2 fully saturated rings. The molecule has 5 nitrogen and oxygen atoms in total. The van der Waals surface area contributed by atoms with Gasteiger partial charge in [0, 0.05) is 39.1 Å². The first kappa shape index (κ1) is 18.5. The number of hydrogen-bond acceptors (Lipinski definition) is 2. The Morgan fingerprint density at radius 3 is 2.62 bits per heavy atom. The summed E-state index contributed by atoms with van der Waals surface area (Å²) in [5, 5.41) is 6.43. The molecule has 1 aliphatic carbocycles. The Hall–Kier alpha value is -2.30. The van der Waals surface area contributed by atoms with Crippen LogP contribution in [0.5, 0.6) is 0 Å². The molecule has 140 valence electrons. The highest BCUT2D eigenvalue weighted by atomic mass is 16.1. The quantitative estimate of drug-likeness (QED) is 0.469. The van der Waals surface area contributed by atoms with Crippen molar-refractivity contribution in [2.75, 3.05) is 26.7 Å². The molecular formula is C21H30N4O. The third-order valence-corrected chi connectivity index (χ3v) is 4.89. The minimum absolute atomic E-state index is 0.179. The molecular weight excluding hydrogens is 324 g/mol. The maximum Gasteiger partial charge on any atom is 0.220 e. The lowest BCUT2D eigenvalue weighted by atomic mass is 10.0. The van der Waals surface area contributed by atoms with Gasteiger partial charge < -0.3 is 15.5 Å². The van der Waals surface area contributed by atoms with Crippen molar-refractivity contribution in [2.24, 2.45) is 4.99 Å². The van der Waals surface area contributed by atoms with Gasteiger partial charge in [-0.3, -0.25) is 9.79 Å². The van der Waals surface area contributed by atoms with Crippen molar-refractivity contribution < 1.29 is 4.79 Å². The van der Waals surface area contributed by atoms with Gasteiger partial charge >= 0.3 is 0 Å². The number of hydrogen-bond donors (Lipinski definition) is 2. The Morgan fingerprint density at radius 2 is 1.96 bits per heavy atom. The minimum Gasteiger partial charge on any atom is -0.356 e. The van der Waals surface area contributed by atoms with Crippen molar-refractivity contribution in [1.82, 2.24) is 15.5 Å². The van der Waals surface area contributed by atoms with Crippen LogP contribution in [0.25, 0.3) is 6.08 Å². The third-order valence-electron chi connectivity index (χ3n) is 4.89. The van der Waals surface area contributed by atoms with Crippen LogP contribution < -0.4 is 10.6 Å². The largest absolute Gasteiger partial charge is 0.356 e. The van der Waals surface area contributed by atoms with Crippen LogP contribution in [0.15, 0.2) is 40.9 Å². The van der Waals surface area contributed by atoms with E-state index in [2.05, 4.69) is 56.9 Å². The highest BCUT2D eigenvalue weighted by Crippen LogP contribution is 2.20. The van der Waals surface area contributed by atoms with Gasteiger partial charge in [-0.25, -0.2) is 0 Å². The minimum atomic E-state index is 0.179. The lowest BCUT2D eigenvalue weighted by Crippen LogP contribution is -2.44. The Bertz CT molecular complexity index is 639. The topological polar surface area (TPSA) is 56.7 Å². The van der Waals surface area contributed by atoms with Gasteiger partial charge in [-0.15, -0.1) is 0 Å². The van der Waals surface area contributed by atoms with Crippen molar-refractivity contribution in [1.29, 1.82) is 0 Å². The third kappa shape index (κ3) is 5.90. The van der Waals surface area contributed by atoms with Gasteiger partial charge in [-0.1, -0.05) is 42.0 Å². The first-order valence-electron chi connectivity index (χ1n) is 9.74. The number of benzene rings is 1. The van der Waals surface area contributed by atoms with E-state index in [4.69, 9.17) is 0 Å². The number of nitrogens with one attached hydrogen (secondary N) is 2. The molecule has 1 aromatic carbocycles. The Labute approximate surface area is 156 Å². The Kier molecular flexibility index (Phi) is 6.69. The summed E-state index contributed by atoms with van der Waals surface area (Å²) >= 11 is 0. The number of guanidine groups is 1. The molecule has 2 N–H and O–H groups in total. The molecule has 26 heavy (non-hydrogen) atoms. The van der Waals surface area contributed by atoms with E-state index in [1.165, 1.54) is 11.1 Å². The number of piperidine rings is 1. The second-order valence-electron chi connectivity index (χ2n) is 7.12. The fourth-order valence-electron chi connectivity index (χ4n) is 3.24. The van der Waals surface area contributed by atoms with Crippen LogP contribution in [0.2, 0.25) is 0 Å². The van der Waals surface area contributed by atoms with Gasteiger partial charge in [0.15, 0.2) is 5.96 Å². The van der Waals surface area contributed by atoms with Crippen LogP contribution in [0.3, 0.4) is 0 Å².